The minimum atomic E-state index is -0.109. The van der Waals surface area contributed by atoms with Crippen LogP contribution in [0.5, 0.6) is 0 Å². The molecule has 0 radical (unpaired) electrons. The van der Waals surface area contributed by atoms with E-state index in [9.17, 15) is 0 Å². The molecule has 1 aromatic rings. The Morgan fingerprint density at radius 1 is 1.55 bits per heavy atom. The Labute approximate surface area is 65.8 Å². The van der Waals surface area contributed by atoms with Crippen LogP contribution in [-0.4, -0.2) is 10.1 Å². The first kappa shape index (κ1) is 8.20. The van der Waals surface area contributed by atoms with E-state index in [4.69, 9.17) is 10.3 Å². The molecule has 0 saturated heterocycles. The van der Waals surface area contributed by atoms with Gasteiger partial charge in [0.2, 0.25) is 5.89 Å². The molecule has 2 N–H and O–H groups in total. The van der Waals surface area contributed by atoms with Crippen molar-refractivity contribution in [2.24, 2.45) is 5.73 Å². The zero-order valence-electron chi connectivity index (χ0n) is 6.87. The van der Waals surface area contributed by atoms with Gasteiger partial charge in [-0.3, -0.25) is 0 Å². The van der Waals surface area contributed by atoms with E-state index in [1.165, 1.54) is 0 Å². The molecule has 0 aliphatic carbocycles. The second kappa shape index (κ2) is 3.48. The van der Waals surface area contributed by atoms with Crippen LogP contribution in [0.4, 0.5) is 0 Å². The van der Waals surface area contributed by atoms with Gasteiger partial charge in [0.05, 0.1) is 6.04 Å². The Bertz CT molecular complexity index is 221. The first-order chi connectivity index (χ1) is 5.27. The summed E-state index contributed by atoms with van der Waals surface area (Å²) in [7, 11) is 0. The highest BCUT2D eigenvalue weighted by atomic mass is 16.5. The van der Waals surface area contributed by atoms with Crippen LogP contribution in [0.25, 0.3) is 0 Å². The predicted molar refractivity (Wildman–Crippen MR) is 40.9 cm³/mol. The highest BCUT2D eigenvalue weighted by Crippen LogP contribution is 2.10. The van der Waals surface area contributed by atoms with Gasteiger partial charge in [-0.15, -0.1) is 0 Å². The first-order valence-corrected chi connectivity index (χ1v) is 3.86. The van der Waals surface area contributed by atoms with Gasteiger partial charge in [-0.1, -0.05) is 19.0 Å². The minimum Gasteiger partial charge on any atom is -0.338 e. The van der Waals surface area contributed by atoms with E-state index >= 15 is 0 Å². The van der Waals surface area contributed by atoms with E-state index in [-0.39, 0.29) is 6.04 Å². The number of nitrogens with zero attached hydrogens (tertiary/aromatic N) is 2. The normalized spacial score (nSPS) is 13.4. The van der Waals surface area contributed by atoms with Gasteiger partial charge in [0.15, 0.2) is 5.82 Å². The van der Waals surface area contributed by atoms with Gasteiger partial charge in [0.1, 0.15) is 0 Å². The SMILES string of the molecule is CCc1noc(C(N)CC)n1. The zero-order valence-corrected chi connectivity index (χ0v) is 6.87. The average molecular weight is 155 g/mol. The van der Waals surface area contributed by atoms with Gasteiger partial charge in [-0.25, -0.2) is 0 Å². The average Bonchev–Trinajstić information content (AvgIpc) is 2.50. The molecular formula is C7H13N3O. The summed E-state index contributed by atoms with van der Waals surface area (Å²) < 4.78 is 4.92. The molecule has 0 fully saturated rings. The van der Waals surface area contributed by atoms with Crippen molar-refractivity contribution in [3.63, 3.8) is 0 Å². The van der Waals surface area contributed by atoms with Crippen LogP contribution >= 0.6 is 0 Å². The molecule has 4 heteroatoms. The van der Waals surface area contributed by atoms with Gasteiger partial charge in [0, 0.05) is 6.42 Å². The third kappa shape index (κ3) is 1.77. The fourth-order valence-corrected chi connectivity index (χ4v) is 0.736. The summed E-state index contributed by atoms with van der Waals surface area (Å²) in [4.78, 5) is 4.10. The topological polar surface area (TPSA) is 64.9 Å². The summed E-state index contributed by atoms with van der Waals surface area (Å²) in [5, 5.41) is 3.74. The quantitative estimate of drug-likeness (QED) is 0.708. The van der Waals surface area contributed by atoms with Crippen LogP contribution in [0.3, 0.4) is 0 Å². The third-order valence-electron chi connectivity index (χ3n) is 1.56. The van der Waals surface area contributed by atoms with Crippen molar-refractivity contribution in [1.82, 2.24) is 10.1 Å². The second-order valence-electron chi connectivity index (χ2n) is 2.42. The minimum absolute atomic E-state index is 0.109. The van der Waals surface area contributed by atoms with Crippen molar-refractivity contribution in [3.8, 4) is 0 Å². The number of rotatable bonds is 3. The molecule has 0 spiro atoms. The highest BCUT2D eigenvalue weighted by Gasteiger charge is 2.10. The molecule has 0 aliphatic rings. The lowest BCUT2D eigenvalue weighted by Crippen LogP contribution is -2.08. The largest absolute Gasteiger partial charge is 0.338 e. The molecule has 1 aromatic heterocycles. The smallest absolute Gasteiger partial charge is 0.243 e. The van der Waals surface area contributed by atoms with E-state index in [0.29, 0.717) is 5.89 Å². The molecule has 4 nitrogen and oxygen atoms in total. The van der Waals surface area contributed by atoms with E-state index in [1.54, 1.807) is 0 Å². The molecule has 62 valence electrons. The second-order valence-corrected chi connectivity index (χ2v) is 2.42. The van der Waals surface area contributed by atoms with Gasteiger partial charge in [0.25, 0.3) is 0 Å². The number of hydrogen-bond donors (Lipinski definition) is 1. The Morgan fingerprint density at radius 3 is 2.73 bits per heavy atom. The monoisotopic (exact) mass is 155 g/mol. The molecule has 1 unspecified atom stereocenters. The predicted octanol–water partition coefficient (Wildman–Crippen LogP) is 1.04. The van der Waals surface area contributed by atoms with Crippen molar-refractivity contribution in [2.75, 3.05) is 0 Å². The van der Waals surface area contributed by atoms with Crippen molar-refractivity contribution in [3.05, 3.63) is 11.7 Å². The van der Waals surface area contributed by atoms with E-state index in [0.717, 1.165) is 18.7 Å². The van der Waals surface area contributed by atoms with Crippen LogP contribution in [0.2, 0.25) is 0 Å². The van der Waals surface area contributed by atoms with Crippen molar-refractivity contribution >= 4 is 0 Å². The number of aryl methyl sites for hydroxylation is 1. The number of hydrogen-bond acceptors (Lipinski definition) is 4. The summed E-state index contributed by atoms with van der Waals surface area (Å²) in [6.45, 7) is 3.96. The summed E-state index contributed by atoms with van der Waals surface area (Å²) >= 11 is 0. The maximum Gasteiger partial charge on any atom is 0.243 e. The molecule has 11 heavy (non-hydrogen) atoms. The van der Waals surface area contributed by atoms with Crippen molar-refractivity contribution in [1.29, 1.82) is 0 Å². The molecule has 1 rings (SSSR count). The van der Waals surface area contributed by atoms with Gasteiger partial charge in [-0.2, -0.15) is 4.98 Å². The molecule has 0 amide bonds. The lowest BCUT2D eigenvalue weighted by molar-refractivity contribution is 0.348. The van der Waals surface area contributed by atoms with Crippen LogP contribution < -0.4 is 5.73 Å². The third-order valence-corrected chi connectivity index (χ3v) is 1.56. The lowest BCUT2D eigenvalue weighted by atomic mass is 10.2. The number of nitrogens with two attached hydrogens (primary N) is 1. The number of aromatic nitrogens is 2. The molecule has 0 saturated carbocycles. The fraction of sp³-hybridized carbons (Fsp3) is 0.714. The summed E-state index contributed by atoms with van der Waals surface area (Å²) in [5.74, 6) is 1.27. The van der Waals surface area contributed by atoms with Crippen molar-refractivity contribution in [2.45, 2.75) is 32.7 Å². The van der Waals surface area contributed by atoms with Crippen LogP contribution in [0.15, 0.2) is 4.52 Å². The van der Waals surface area contributed by atoms with Gasteiger partial charge < -0.3 is 10.3 Å². The molecule has 0 aliphatic heterocycles. The summed E-state index contributed by atoms with van der Waals surface area (Å²) in [5.41, 5.74) is 5.67. The highest BCUT2D eigenvalue weighted by molar-refractivity contribution is 4.90. The van der Waals surface area contributed by atoms with Crippen LogP contribution in [0, 0.1) is 0 Å². The van der Waals surface area contributed by atoms with Crippen molar-refractivity contribution < 1.29 is 4.52 Å². The summed E-state index contributed by atoms with van der Waals surface area (Å²) in [6, 6.07) is -0.109. The van der Waals surface area contributed by atoms with E-state index < -0.39 is 0 Å². The van der Waals surface area contributed by atoms with Gasteiger partial charge in [-0.05, 0) is 6.42 Å². The molecule has 0 bridgehead atoms. The van der Waals surface area contributed by atoms with Gasteiger partial charge >= 0.3 is 0 Å². The van der Waals surface area contributed by atoms with E-state index in [2.05, 4.69) is 10.1 Å². The Balaban J connectivity index is 2.71. The molecule has 0 aromatic carbocycles. The summed E-state index contributed by atoms with van der Waals surface area (Å²) in [6.07, 6.45) is 1.62. The Kier molecular flexibility index (Phi) is 2.59. The molecular weight excluding hydrogens is 142 g/mol. The molecule has 1 atom stereocenters. The van der Waals surface area contributed by atoms with E-state index in [1.807, 2.05) is 13.8 Å². The maximum absolute atomic E-state index is 5.67. The Hall–Kier alpha value is -0.900. The first-order valence-electron chi connectivity index (χ1n) is 3.86. The zero-order chi connectivity index (χ0) is 8.27. The van der Waals surface area contributed by atoms with Crippen LogP contribution in [-0.2, 0) is 6.42 Å². The maximum atomic E-state index is 5.67. The Morgan fingerprint density at radius 2 is 2.27 bits per heavy atom. The molecule has 1 heterocycles. The lowest BCUT2D eigenvalue weighted by Gasteiger charge is -1.98. The van der Waals surface area contributed by atoms with Crippen LogP contribution in [0.1, 0.15) is 38.0 Å². The fourth-order valence-electron chi connectivity index (χ4n) is 0.736. The standard InChI is InChI=1S/C7H13N3O/c1-3-5(8)7-9-6(4-2)10-11-7/h5H,3-4,8H2,1-2H3.